The summed E-state index contributed by atoms with van der Waals surface area (Å²) in [5.74, 6) is 0.961. The van der Waals surface area contributed by atoms with Gasteiger partial charge in [0.1, 0.15) is 5.82 Å². The Morgan fingerprint density at radius 2 is 2.17 bits per heavy atom. The Kier molecular flexibility index (Phi) is 4.86. The van der Waals surface area contributed by atoms with Crippen LogP contribution in [0.15, 0.2) is 24.4 Å². The number of nitrogens with zero attached hydrogens (tertiary/aromatic N) is 3. The summed E-state index contributed by atoms with van der Waals surface area (Å²) in [5, 5.41) is 3.36. The largest absolute Gasteiger partial charge is 0.376 e. The zero-order valence-corrected chi connectivity index (χ0v) is 14.4. The molecule has 2 aliphatic rings. The summed E-state index contributed by atoms with van der Waals surface area (Å²) >= 11 is 0. The van der Waals surface area contributed by atoms with Crippen molar-refractivity contribution in [1.29, 1.82) is 0 Å². The number of fused-ring (bicyclic) bond motifs is 1. The predicted molar refractivity (Wildman–Crippen MR) is 88.3 cm³/mol. The van der Waals surface area contributed by atoms with Gasteiger partial charge >= 0.3 is 0 Å². The summed E-state index contributed by atoms with van der Waals surface area (Å²) in [5.41, 5.74) is 0. The number of rotatable bonds is 4. The third-order valence-electron chi connectivity index (χ3n) is 4.52. The molecule has 2 fully saturated rings. The van der Waals surface area contributed by atoms with Gasteiger partial charge in [-0.3, -0.25) is 0 Å². The topological polar surface area (TPSA) is 74.8 Å². The summed E-state index contributed by atoms with van der Waals surface area (Å²) in [6.07, 6.45) is 3.72. The molecule has 3 rings (SSSR count). The Morgan fingerprint density at radius 1 is 1.35 bits per heavy atom. The molecule has 23 heavy (non-hydrogen) atoms. The Morgan fingerprint density at radius 3 is 2.87 bits per heavy atom. The molecule has 0 bridgehead atoms. The van der Waals surface area contributed by atoms with Crippen LogP contribution < -0.4 is 5.32 Å². The second-order valence-electron chi connectivity index (χ2n) is 6.31. The summed E-state index contributed by atoms with van der Waals surface area (Å²) in [4.78, 5) is 4.29. The van der Waals surface area contributed by atoms with Gasteiger partial charge in [0.25, 0.3) is 10.2 Å². The van der Waals surface area contributed by atoms with E-state index in [0.717, 1.165) is 25.3 Å². The number of hydrogen-bond acceptors (Lipinski definition) is 5. The van der Waals surface area contributed by atoms with Gasteiger partial charge in [-0.15, -0.1) is 0 Å². The maximum Gasteiger partial charge on any atom is 0.281 e. The van der Waals surface area contributed by atoms with Gasteiger partial charge in [0.15, 0.2) is 0 Å². The Balaban J connectivity index is 1.82. The zero-order valence-electron chi connectivity index (χ0n) is 13.6. The molecule has 0 radical (unpaired) electrons. The molecule has 8 heteroatoms. The van der Waals surface area contributed by atoms with Crippen LogP contribution >= 0.6 is 0 Å². The highest BCUT2D eigenvalue weighted by molar-refractivity contribution is 7.86. The van der Waals surface area contributed by atoms with Crippen molar-refractivity contribution in [2.45, 2.75) is 25.0 Å². The van der Waals surface area contributed by atoms with Crippen LogP contribution in [0.5, 0.6) is 0 Å². The lowest BCUT2D eigenvalue weighted by molar-refractivity contribution is -0.0609. The average molecular weight is 340 g/mol. The van der Waals surface area contributed by atoms with Crippen molar-refractivity contribution in [2.75, 3.05) is 39.1 Å². The standard InChI is InChI=1S/C15H24N4O3S/c1-18(2)23(20,21)19-10-12-6-5-9-22-15(12)13(11-19)17-14-7-3-4-8-16-14/h3-4,7-8,12-13,15H,5-6,9-11H2,1-2H3,(H,16,17)/t12-,13+,15-/m0/s1. The second-order valence-corrected chi connectivity index (χ2v) is 8.45. The van der Waals surface area contributed by atoms with Crippen molar-refractivity contribution in [1.82, 2.24) is 13.6 Å². The highest BCUT2D eigenvalue weighted by atomic mass is 32.2. The highest BCUT2D eigenvalue weighted by Gasteiger charge is 2.43. The maximum atomic E-state index is 12.5. The molecule has 0 amide bonds. The van der Waals surface area contributed by atoms with Crippen molar-refractivity contribution < 1.29 is 13.2 Å². The van der Waals surface area contributed by atoms with E-state index in [1.54, 1.807) is 24.6 Å². The van der Waals surface area contributed by atoms with E-state index < -0.39 is 10.2 Å². The van der Waals surface area contributed by atoms with Crippen molar-refractivity contribution in [3.8, 4) is 0 Å². The fourth-order valence-electron chi connectivity index (χ4n) is 3.35. The van der Waals surface area contributed by atoms with Gasteiger partial charge < -0.3 is 10.1 Å². The van der Waals surface area contributed by atoms with Crippen molar-refractivity contribution >= 4 is 16.0 Å². The fourth-order valence-corrected chi connectivity index (χ4v) is 4.54. The zero-order chi connectivity index (χ0) is 16.4. The first-order valence-corrected chi connectivity index (χ1v) is 9.35. The van der Waals surface area contributed by atoms with E-state index in [1.165, 1.54) is 4.31 Å². The number of ether oxygens (including phenoxy) is 1. The molecule has 1 aromatic heterocycles. The van der Waals surface area contributed by atoms with Crippen LogP contribution in [-0.4, -0.2) is 67.9 Å². The van der Waals surface area contributed by atoms with Gasteiger partial charge in [-0.1, -0.05) is 6.07 Å². The van der Waals surface area contributed by atoms with E-state index in [0.29, 0.717) is 13.1 Å². The lowest BCUT2D eigenvalue weighted by Gasteiger charge is -2.45. The van der Waals surface area contributed by atoms with Crippen molar-refractivity contribution in [3.63, 3.8) is 0 Å². The molecular formula is C15H24N4O3S. The molecule has 1 N–H and O–H groups in total. The third-order valence-corrected chi connectivity index (χ3v) is 6.39. The van der Waals surface area contributed by atoms with Crippen LogP contribution in [0.4, 0.5) is 5.82 Å². The number of anilines is 1. The minimum Gasteiger partial charge on any atom is -0.376 e. The van der Waals surface area contributed by atoms with E-state index >= 15 is 0 Å². The minimum atomic E-state index is -3.43. The van der Waals surface area contributed by atoms with E-state index in [9.17, 15) is 8.42 Å². The van der Waals surface area contributed by atoms with Crippen LogP contribution in [0.1, 0.15) is 12.8 Å². The van der Waals surface area contributed by atoms with E-state index in [1.807, 2.05) is 18.2 Å². The van der Waals surface area contributed by atoms with Gasteiger partial charge in [-0.25, -0.2) is 4.98 Å². The number of aromatic nitrogens is 1. The molecule has 0 aromatic carbocycles. The molecule has 3 atom stereocenters. The first-order chi connectivity index (χ1) is 11.0. The van der Waals surface area contributed by atoms with Crippen LogP contribution in [0, 0.1) is 5.92 Å². The fraction of sp³-hybridized carbons (Fsp3) is 0.667. The quantitative estimate of drug-likeness (QED) is 0.877. The summed E-state index contributed by atoms with van der Waals surface area (Å²) in [7, 11) is -0.286. The molecule has 2 saturated heterocycles. The molecule has 0 unspecified atom stereocenters. The smallest absolute Gasteiger partial charge is 0.281 e. The van der Waals surface area contributed by atoms with Gasteiger partial charge in [0.2, 0.25) is 0 Å². The first-order valence-electron chi connectivity index (χ1n) is 7.95. The third kappa shape index (κ3) is 3.50. The summed E-state index contributed by atoms with van der Waals surface area (Å²) < 4.78 is 33.8. The molecule has 2 aliphatic heterocycles. The van der Waals surface area contributed by atoms with Gasteiger partial charge in [0.05, 0.1) is 12.1 Å². The second kappa shape index (κ2) is 6.72. The van der Waals surface area contributed by atoms with E-state index in [4.69, 9.17) is 4.74 Å². The molecule has 128 valence electrons. The Hall–Kier alpha value is -1.22. The molecule has 0 aliphatic carbocycles. The Labute approximate surface area is 137 Å². The number of nitrogens with one attached hydrogen (secondary N) is 1. The monoisotopic (exact) mass is 340 g/mol. The van der Waals surface area contributed by atoms with Crippen molar-refractivity contribution in [2.24, 2.45) is 5.92 Å². The van der Waals surface area contributed by atoms with Crippen LogP contribution in [-0.2, 0) is 14.9 Å². The highest BCUT2D eigenvalue weighted by Crippen LogP contribution is 2.31. The van der Waals surface area contributed by atoms with Gasteiger partial charge in [-0.2, -0.15) is 17.0 Å². The molecule has 0 spiro atoms. The van der Waals surface area contributed by atoms with E-state index in [2.05, 4.69) is 10.3 Å². The number of pyridine rings is 1. The molecule has 3 heterocycles. The lowest BCUT2D eigenvalue weighted by Crippen LogP contribution is -2.60. The minimum absolute atomic E-state index is 0.0272. The van der Waals surface area contributed by atoms with Gasteiger partial charge in [0, 0.05) is 45.9 Å². The first kappa shape index (κ1) is 16.6. The van der Waals surface area contributed by atoms with Crippen LogP contribution in [0.3, 0.4) is 0 Å². The van der Waals surface area contributed by atoms with Crippen LogP contribution in [0.25, 0.3) is 0 Å². The average Bonchev–Trinajstić information content (AvgIpc) is 2.55. The number of hydrogen-bond donors (Lipinski definition) is 1. The predicted octanol–water partition coefficient (Wildman–Crippen LogP) is 0.779. The van der Waals surface area contributed by atoms with Gasteiger partial charge in [-0.05, 0) is 25.0 Å². The maximum absolute atomic E-state index is 12.5. The summed E-state index contributed by atoms with van der Waals surface area (Å²) in [6, 6.07) is 5.55. The lowest BCUT2D eigenvalue weighted by atomic mass is 9.86. The van der Waals surface area contributed by atoms with Crippen molar-refractivity contribution in [3.05, 3.63) is 24.4 Å². The van der Waals surface area contributed by atoms with Crippen LogP contribution in [0.2, 0.25) is 0 Å². The molecule has 0 saturated carbocycles. The molecule has 7 nitrogen and oxygen atoms in total. The summed E-state index contributed by atoms with van der Waals surface area (Å²) in [6.45, 7) is 1.64. The molecule has 1 aromatic rings. The SMILES string of the molecule is CN(C)S(=O)(=O)N1C[C@@H]2CCCO[C@@H]2[C@H](Nc2ccccn2)C1. The number of piperidine rings is 1. The Bertz CT molecular complexity index is 623. The van der Waals surface area contributed by atoms with E-state index in [-0.39, 0.29) is 18.1 Å². The molecular weight excluding hydrogens is 316 g/mol. The normalized spacial score (nSPS) is 29.3.